The third-order valence-corrected chi connectivity index (χ3v) is 2.84. The van der Waals surface area contributed by atoms with Crippen molar-refractivity contribution in [2.45, 2.75) is 25.9 Å². The molecule has 1 N–H and O–H groups in total. The minimum Gasteiger partial charge on any atom is -0.378 e. The topological polar surface area (TPSA) is 41.6 Å². The number of amides is 1. The van der Waals surface area contributed by atoms with Gasteiger partial charge >= 0.3 is 0 Å². The molecule has 0 spiro atoms. The Balaban J connectivity index is 2.26. The van der Waals surface area contributed by atoms with Gasteiger partial charge in [0.15, 0.2) is 0 Å². The van der Waals surface area contributed by atoms with Gasteiger partial charge in [-0.05, 0) is 33.4 Å². The molecule has 4 heteroatoms. The van der Waals surface area contributed by atoms with Gasteiger partial charge in [-0.1, -0.05) is 0 Å². The Morgan fingerprint density at radius 1 is 1.60 bits per heavy atom. The van der Waals surface area contributed by atoms with Crippen molar-refractivity contribution in [1.29, 1.82) is 0 Å². The molecule has 1 saturated heterocycles. The second-order valence-electron chi connectivity index (χ2n) is 4.29. The van der Waals surface area contributed by atoms with Crippen molar-refractivity contribution in [1.82, 2.24) is 10.2 Å². The Morgan fingerprint density at radius 3 is 2.87 bits per heavy atom. The molecule has 1 aliphatic heterocycles. The molecule has 0 aromatic rings. The van der Waals surface area contributed by atoms with Crippen molar-refractivity contribution < 1.29 is 9.53 Å². The fraction of sp³-hybridized carbons (Fsp3) is 0.909. The van der Waals surface area contributed by atoms with Crippen LogP contribution in [-0.2, 0) is 9.53 Å². The summed E-state index contributed by atoms with van der Waals surface area (Å²) in [7, 11) is 3.80. The molecule has 0 aromatic carbocycles. The molecular formula is C11H22N2O2. The maximum Gasteiger partial charge on any atom is 0.227 e. The zero-order valence-corrected chi connectivity index (χ0v) is 9.95. The van der Waals surface area contributed by atoms with Gasteiger partial charge in [0, 0.05) is 13.6 Å². The van der Waals surface area contributed by atoms with Crippen LogP contribution in [0.1, 0.15) is 19.8 Å². The van der Waals surface area contributed by atoms with E-state index in [9.17, 15) is 4.79 Å². The monoisotopic (exact) mass is 214 g/mol. The van der Waals surface area contributed by atoms with Crippen molar-refractivity contribution in [3.05, 3.63) is 0 Å². The predicted molar refractivity (Wildman–Crippen MR) is 59.7 cm³/mol. The SMILES string of the molecule is CNCCCN(C)C(=O)C1COC(C)C1. The fourth-order valence-electron chi connectivity index (χ4n) is 1.90. The van der Waals surface area contributed by atoms with Crippen molar-refractivity contribution in [3.8, 4) is 0 Å². The summed E-state index contributed by atoms with van der Waals surface area (Å²) in [6.45, 7) is 4.39. The summed E-state index contributed by atoms with van der Waals surface area (Å²) in [4.78, 5) is 13.7. The van der Waals surface area contributed by atoms with Crippen molar-refractivity contribution >= 4 is 5.91 Å². The number of hydrogen-bond donors (Lipinski definition) is 1. The van der Waals surface area contributed by atoms with Crippen molar-refractivity contribution in [2.75, 3.05) is 33.8 Å². The Bertz CT molecular complexity index is 209. The summed E-state index contributed by atoms with van der Waals surface area (Å²) >= 11 is 0. The third-order valence-electron chi connectivity index (χ3n) is 2.84. The smallest absolute Gasteiger partial charge is 0.227 e. The van der Waals surface area contributed by atoms with Gasteiger partial charge in [-0.25, -0.2) is 0 Å². The lowest BCUT2D eigenvalue weighted by Gasteiger charge is -2.20. The van der Waals surface area contributed by atoms with E-state index in [1.807, 2.05) is 25.9 Å². The van der Waals surface area contributed by atoms with E-state index in [2.05, 4.69) is 5.32 Å². The largest absolute Gasteiger partial charge is 0.378 e. The van der Waals surface area contributed by atoms with E-state index in [-0.39, 0.29) is 17.9 Å². The lowest BCUT2D eigenvalue weighted by molar-refractivity contribution is -0.134. The summed E-state index contributed by atoms with van der Waals surface area (Å²) in [5, 5.41) is 3.08. The first-order chi connectivity index (χ1) is 7.15. The Morgan fingerprint density at radius 2 is 2.33 bits per heavy atom. The minimum atomic E-state index is 0.0829. The number of ether oxygens (including phenoxy) is 1. The van der Waals surface area contributed by atoms with E-state index in [4.69, 9.17) is 4.74 Å². The molecule has 0 saturated carbocycles. The molecular weight excluding hydrogens is 192 g/mol. The lowest BCUT2D eigenvalue weighted by atomic mass is 10.0. The van der Waals surface area contributed by atoms with Gasteiger partial charge in [-0.2, -0.15) is 0 Å². The van der Waals surface area contributed by atoms with Crippen LogP contribution in [0.3, 0.4) is 0 Å². The number of nitrogens with one attached hydrogen (secondary N) is 1. The molecule has 15 heavy (non-hydrogen) atoms. The maximum atomic E-state index is 11.9. The molecule has 2 unspecified atom stereocenters. The number of nitrogens with zero attached hydrogens (tertiary/aromatic N) is 1. The van der Waals surface area contributed by atoms with Gasteiger partial charge in [0.05, 0.1) is 18.6 Å². The Hall–Kier alpha value is -0.610. The first kappa shape index (κ1) is 12.5. The zero-order chi connectivity index (χ0) is 11.3. The highest BCUT2D eigenvalue weighted by Gasteiger charge is 2.29. The number of carbonyl (C=O) groups is 1. The van der Waals surface area contributed by atoms with E-state index in [0.29, 0.717) is 6.61 Å². The molecule has 0 aliphatic carbocycles. The number of carbonyl (C=O) groups excluding carboxylic acids is 1. The number of rotatable bonds is 5. The van der Waals surface area contributed by atoms with E-state index >= 15 is 0 Å². The average molecular weight is 214 g/mol. The molecule has 1 rings (SSSR count). The van der Waals surface area contributed by atoms with Crippen molar-refractivity contribution in [2.24, 2.45) is 5.92 Å². The zero-order valence-electron chi connectivity index (χ0n) is 9.95. The van der Waals surface area contributed by atoms with E-state index in [1.165, 1.54) is 0 Å². The van der Waals surface area contributed by atoms with Crippen LogP contribution in [0.5, 0.6) is 0 Å². The third kappa shape index (κ3) is 3.80. The highest BCUT2D eigenvalue weighted by Crippen LogP contribution is 2.20. The predicted octanol–water partition coefficient (Wildman–Crippen LogP) is 0.479. The first-order valence-corrected chi connectivity index (χ1v) is 5.66. The van der Waals surface area contributed by atoms with E-state index in [1.54, 1.807) is 0 Å². The summed E-state index contributed by atoms with van der Waals surface area (Å²) in [5.74, 6) is 0.315. The minimum absolute atomic E-state index is 0.0829. The highest BCUT2D eigenvalue weighted by atomic mass is 16.5. The average Bonchev–Trinajstić information content (AvgIpc) is 2.64. The molecule has 2 atom stereocenters. The summed E-state index contributed by atoms with van der Waals surface area (Å²) < 4.78 is 5.40. The maximum absolute atomic E-state index is 11.9. The molecule has 1 fully saturated rings. The van der Waals surface area contributed by atoms with Gasteiger partial charge in [0.1, 0.15) is 0 Å². The second-order valence-corrected chi connectivity index (χ2v) is 4.29. The fourth-order valence-corrected chi connectivity index (χ4v) is 1.90. The summed E-state index contributed by atoms with van der Waals surface area (Å²) in [6, 6.07) is 0. The van der Waals surface area contributed by atoms with Crippen LogP contribution in [0.4, 0.5) is 0 Å². The Labute approximate surface area is 92.0 Å². The Kier molecular flexibility index (Phi) is 5.05. The molecule has 4 nitrogen and oxygen atoms in total. The summed E-state index contributed by atoms with van der Waals surface area (Å²) in [6.07, 6.45) is 2.11. The molecule has 0 radical (unpaired) electrons. The van der Waals surface area contributed by atoms with Crippen LogP contribution >= 0.6 is 0 Å². The second kappa shape index (κ2) is 6.08. The number of hydrogen-bond acceptors (Lipinski definition) is 3. The molecule has 1 heterocycles. The van der Waals surface area contributed by atoms with Crippen LogP contribution in [-0.4, -0.2) is 50.7 Å². The normalized spacial score (nSPS) is 25.5. The molecule has 1 amide bonds. The van der Waals surface area contributed by atoms with Crippen LogP contribution in [0.15, 0.2) is 0 Å². The first-order valence-electron chi connectivity index (χ1n) is 5.66. The van der Waals surface area contributed by atoms with E-state index < -0.39 is 0 Å². The van der Waals surface area contributed by atoms with E-state index in [0.717, 1.165) is 25.9 Å². The molecule has 0 bridgehead atoms. The molecule has 0 aromatic heterocycles. The molecule has 88 valence electrons. The van der Waals surface area contributed by atoms with Crippen LogP contribution in [0.2, 0.25) is 0 Å². The quantitative estimate of drug-likeness (QED) is 0.677. The summed E-state index contributed by atoms with van der Waals surface area (Å²) in [5.41, 5.74) is 0. The van der Waals surface area contributed by atoms with Gasteiger partial charge < -0.3 is 15.0 Å². The van der Waals surface area contributed by atoms with Crippen molar-refractivity contribution in [3.63, 3.8) is 0 Å². The highest BCUT2D eigenvalue weighted by molar-refractivity contribution is 5.79. The lowest BCUT2D eigenvalue weighted by Crippen LogP contribution is -2.34. The van der Waals surface area contributed by atoms with Crippen LogP contribution in [0.25, 0.3) is 0 Å². The van der Waals surface area contributed by atoms with Gasteiger partial charge in [0.2, 0.25) is 5.91 Å². The molecule has 1 aliphatic rings. The van der Waals surface area contributed by atoms with Gasteiger partial charge in [0.25, 0.3) is 0 Å². The standard InChI is InChI=1S/C11H22N2O2/c1-9-7-10(8-15-9)11(14)13(3)6-4-5-12-2/h9-10,12H,4-8H2,1-3H3. The van der Waals surface area contributed by atoms with Gasteiger partial charge in [-0.15, -0.1) is 0 Å². The van der Waals surface area contributed by atoms with Crippen LogP contribution < -0.4 is 5.32 Å². The van der Waals surface area contributed by atoms with Crippen LogP contribution in [0, 0.1) is 5.92 Å². The van der Waals surface area contributed by atoms with Gasteiger partial charge in [-0.3, -0.25) is 4.79 Å².